The molecule has 0 radical (unpaired) electrons. The number of hydrogen-bond donors (Lipinski definition) is 0. The molecule has 0 spiro atoms. The Morgan fingerprint density at radius 2 is 2.08 bits per heavy atom. The summed E-state index contributed by atoms with van der Waals surface area (Å²) in [6, 6.07) is 0. The number of fused-ring (bicyclic) bond motifs is 1. The van der Waals surface area contributed by atoms with Gasteiger partial charge in [-0.1, -0.05) is 0 Å². The van der Waals surface area contributed by atoms with Crippen LogP contribution in [0.25, 0.3) is 0 Å². The first-order chi connectivity index (χ1) is 6.21. The lowest BCUT2D eigenvalue weighted by atomic mass is 9.98. The molecule has 76 valence electrons. The highest BCUT2D eigenvalue weighted by Crippen LogP contribution is 2.36. The highest BCUT2D eigenvalue weighted by atomic mass is 16.6. The lowest BCUT2D eigenvalue weighted by Gasteiger charge is -2.26. The van der Waals surface area contributed by atoms with E-state index in [9.17, 15) is 0 Å². The van der Waals surface area contributed by atoms with E-state index in [1.165, 1.54) is 0 Å². The Hall–Kier alpha value is -0.160. The summed E-state index contributed by atoms with van der Waals surface area (Å²) < 4.78 is 21.9. The molecular weight excluding hydrogens is 172 g/mol. The highest BCUT2D eigenvalue weighted by molar-refractivity contribution is 5.02. The van der Waals surface area contributed by atoms with Gasteiger partial charge in [0.05, 0.1) is 13.2 Å². The summed E-state index contributed by atoms with van der Waals surface area (Å²) in [7, 11) is 3.37. The molecule has 4 atom stereocenters. The highest BCUT2D eigenvalue weighted by Gasteiger charge is 2.54. The van der Waals surface area contributed by atoms with Crippen LogP contribution in [-0.2, 0) is 18.9 Å². The molecule has 4 heteroatoms. The van der Waals surface area contributed by atoms with E-state index in [4.69, 9.17) is 18.9 Å². The maximum atomic E-state index is 5.61. The van der Waals surface area contributed by atoms with Crippen LogP contribution in [0.15, 0.2) is 0 Å². The molecule has 0 N–H and O–H groups in total. The monoisotopic (exact) mass is 188 g/mol. The summed E-state index contributed by atoms with van der Waals surface area (Å²) >= 11 is 0. The van der Waals surface area contributed by atoms with Gasteiger partial charge in [0.1, 0.15) is 23.9 Å². The molecule has 2 fully saturated rings. The van der Waals surface area contributed by atoms with Crippen LogP contribution in [0.5, 0.6) is 0 Å². The van der Waals surface area contributed by atoms with E-state index in [2.05, 4.69) is 0 Å². The minimum Gasteiger partial charge on any atom is -0.376 e. The van der Waals surface area contributed by atoms with Crippen LogP contribution in [0.1, 0.15) is 6.92 Å². The van der Waals surface area contributed by atoms with Crippen molar-refractivity contribution < 1.29 is 18.9 Å². The largest absolute Gasteiger partial charge is 0.376 e. The summed E-state index contributed by atoms with van der Waals surface area (Å²) in [6.45, 7) is 3.19. The maximum Gasteiger partial charge on any atom is 0.117 e. The smallest absolute Gasteiger partial charge is 0.117 e. The van der Waals surface area contributed by atoms with Crippen molar-refractivity contribution in [1.29, 1.82) is 0 Å². The Morgan fingerprint density at radius 1 is 1.31 bits per heavy atom. The van der Waals surface area contributed by atoms with E-state index in [1.54, 1.807) is 14.2 Å². The third-order valence-corrected chi connectivity index (χ3v) is 3.04. The lowest BCUT2D eigenvalue weighted by Crippen LogP contribution is -2.42. The van der Waals surface area contributed by atoms with Gasteiger partial charge in [-0.05, 0) is 6.92 Å². The standard InChI is InChI=1S/C9H16O4/c1-9(11-3)5-13-7-6(10-2)4-12-8(7)9/h6-8H,4-5H2,1-3H3/t6-,7-,8+,9?/m1/s1. The number of ether oxygens (including phenoxy) is 4. The van der Waals surface area contributed by atoms with Gasteiger partial charge in [0.2, 0.25) is 0 Å². The zero-order valence-electron chi connectivity index (χ0n) is 8.28. The molecule has 0 aromatic carbocycles. The van der Waals surface area contributed by atoms with Crippen molar-refractivity contribution >= 4 is 0 Å². The van der Waals surface area contributed by atoms with Crippen molar-refractivity contribution in [3.63, 3.8) is 0 Å². The Balaban J connectivity index is 2.11. The average molecular weight is 188 g/mol. The van der Waals surface area contributed by atoms with E-state index in [-0.39, 0.29) is 23.9 Å². The van der Waals surface area contributed by atoms with Crippen LogP contribution in [0.3, 0.4) is 0 Å². The van der Waals surface area contributed by atoms with Gasteiger partial charge in [-0.15, -0.1) is 0 Å². The van der Waals surface area contributed by atoms with Gasteiger partial charge in [0.25, 0.3) is 0 Å². The third-order valence-electron chi connectivity index (χ3n) is 3.04. The quantitative estimate of drug-likeness (QED) is 0.620. The Morgan fingerprint density at radius 3 is 2.69 bits per heavy atom. The molecule has 0 aliphatic carbocycles. The van der Waals surface area contributed by atoms with Crippen molar-refractivity contribution in [1.82, 2.24) is 0 Å². The molecule has 0 saturated carbocycles. The number of hydrogen-bond acceptors (Lipinski definition) is 4. The molecule has 2 aliphatic heterocycles. The van der Waals surface area contributed by atoms with Crippen molar-refractivity contribution in [2.75, 3.05) is 27.4 Å². The third kappa shape index (κ3) is 1.29. The summed E-state index contributed by atoms with van der Waals surface area (Å²) in [5.74, 6) is 0. The van der Waals surface area contributed by atoms with Gasteiger partial charge in [-0.3, -0.25) is 0 Å². The van der Waals surface area contributed by atoms with Gasteiger partial charge in [-0.25, -0.2) is 0 Å². The molecule has 2 rings (SSSR count). The zero-order chi connectivity index (χ0) is 9.47. The van der Waals surface area contributed by atoms with E-state index in [0.29, 0.717) is 13.2 Å². The van der Waals surface area contributed by atoms with Crippen molar-refractivity contribution in [2.24, 2.45) is 0 Å². The summed E-state index contributed by atoms with van der Waals surface area (Å²) in [4.78, 5) is 0. The van der Waals surface area contributed by atoms with Gasteiger partial charge in [0, 0.05) is 14.2 Å². The second-order valence-electron chi connectivity index (χ2n) is 3.82. The molecule has 13 heavy (non-hydrogen) atoms. The average Bonchev–Trinajstić information content (AvgIpc) is 2.68. The molecule has 2 heterocycles. The Bertz CT molecular complexity index is 196. The van der Waals surface area contributed by atoms with Crippen LogP contribution in [0.2, 0.25) is 0 Å². The molecule has 0 aromatic rings. The maximum absolute atomic E-state index is 5.61. The first kappa shape index (κ1) is 9.40. The molecule has 1 unspecified atom stereocenters. The second-order valence-corrected chi connectivity index (χ2v) is 3.82. The number of rotatable bonds is 2. The number of methoxy groups -OCH3 is 2. The first-order valence-corrected chi connectivity index (χ1v) is 4.52. The molecule has 0 bridgehead atoms. The minimum absolute atomic E-state index is 0.0162. The SMILES string of the molecule is CO[C@@H]1CO[C@H]2[C@@H]1OCC2(C)OC. The van der Waals surface area contributed by atoms with Gasteiger partial charge >= 0.3 is 0 Å². The molecule has 0 aromatic heterocycles. The fourth-order valence-electron chi connectivity index (χ4n) is 2.02. The minimum atomic E-state index is -0.308. The zero-order valence-corrected chi connectivity index (χ0v) is 8.28. The predicted octanol–water partition coefficient (Wildman–Crippen LogP) is 0.204. The van der Waals surface area contributed by atoms with Crippen molar-refractivity contribution in [2.45, 2.75) is 30.8 Å². The van der Waals surface area contributed by atoms with E-state index >= 15 is 0 Å². The van der Waals surface area contributed by atoms with Gasteiger partial charge < -0.3 is 18.9 Å². The fourth-order valence-corrected chi connectivity index (χ4v) is 2.02. The van der Waals surface area contributed by atoms with Crippen molar-refractivity contribution in [3.05, 3.63) is 0 Å². The van der Waals surface area contributed by atoms with E-state index in [1.807, 2.05) is 6.92 Å². The summed E-state index contributed by atoms with van der Waals surface area (Å²) in [5, 5.41) is 0. The van der Waals surface area contributed by atoms with Crippen molar-refractivity contribution in [3.8, 4) is 0 Å². The van der Waals surface area contributed by atoms with Gasteiger partial charge in [0.15, 0.2) is 0 Å². The van der Waals surface area contributed by atoms with Crippen LogP contribution in [0.4, 0.5) is 0 Å². The molecule has 0 amide bonds. The summed E-state index contributed by atoms with van der Waals surface area (Å²) in [6.07, 6.45) is 0.111. The van der Waals surface area contributed by atoms with Gasteiger partial charge in [-0.2, -0.15) is 0 Å². The normalized spacial score (nSPS) is 49.6. The molecular formula is C9H16O4. The summed E-state index contributed by atoms with van der Waals surface area (Å²) in [5.41, 5.74) is -0.308. The van der Waals surface area contributed by atoms with Crippen LogP contribution in [0, 0.1) is 0 Å². The van der Waals surface area contributed by atoms with Crippen LogP contribution in [-0.4, -0.2) is 51.3 Å². The van der Waals surface area contributed by atoms with Crippen LogP contribution < -0.4 is 0 Å². The molecule has 4 nitrogen and oxygen atoms in total. The first-order valence-electron chi connectivity index (χ1n) is 4.52. The molecule has 2 aliphatic rings. The fraction of sp³-hybridized carbons (Fsp3) is 1.00. The predicted molar refractivity (Wildman–Crippen MR) is 45.7 cm³/mol. The topological polar surface area (TPSA) is 36.9 Å². The Labute approximate surface area is 78.1 Å². The van der Waals surface area contributed by atoms with Crippen LogP contribution >= 0.6 is 0 Å². The lowest BCUT2D eigenvalue weighted by molar-refractivity contribution is -0.0842. The van der Waals surface area contributed by atoms with E-state index < -0.39 is 0 Å². The van der Waals surface area contributed by atoms with E-state index in [0.717, 1.165) is 0 Å². The molecule has 2 saturated heterocycles. The Kier molecular flexibility index (Phi) is 2.32. The second kappa shape index (κ2) is 3.20.